The number of benzene rings is 6. The van der Waals surface area contributed by atoms with E-state index in [4.69, 9.17) is 9.97 Å². The average Bonchev–Trinajstić information content (AvgIpc) is 3.28. The quantitative estimate of drug-likeness (QED) is 0.166. The van der Waals surface area contributed by atoms with Crippen LogP contribution < -0.4 is 0 Å². The van der Waals surface area contributed by atoms with Gasteiger partial charge in [0.1, 0.15) is 5.75 Å². The predicted molar refractivity (Wildman–Crippen MR) is 266 cm³/mol. The molecule has 1 atom stereocenters. The van der Waals surface area contributed by atoms with Gasteiger partial charge in [-0.05, 0) is 126 Å². The highest BCUT2D eigenvalue weighted by Gasteiger charge is 2.24. The maximum Gasteiger partial charge on any atom is 0.128 e. The van der Waals surface area contributed by atoms with Gasteiger partial charge in [0.2, 0.25) is 0 Å². The number of hydrogen-bond acceptors (Lipinski definition) is 3. The molecule has 0 aliphatic rings. The Hall–Kier alpha value is -6.58. The minimum Gasteiger partial charge on any atom is -0.507 e. The Morgan fingerprint density at radius 1 is 0.397 bits per heavy atom. The van der Waals surface area contributed by atoms with Crippen LogP contribution in [0.1, 0.15) is 103 Å². The van der Waals surface area contributed by atoms with Crippen molar-refractivity contribution in [1.29, 1.82) is 0 Å². The summed E-state index contributed by atoms with van der Waals surface area (Å²) < 4.78 is 0. The molecule has 1 N–H and O–H groups in total. The average molecular weight is 825 g/mol. The van der Waals surface area contributed by atoms with Crippen molar-refractivity contribution in [2.45, 2.75) is 91.4 Å². The van der Waals surface area contributed by atoms with Gasteiger partial charge in [0, 0.05) is 28.8 Å². The van der Waals surface area contributed by atoms with Crippen LogP contribution in [0, 0.1) is 0 Å². The lowest BCUT2D eigenvalue weighted by Crippen LogP contribution is -2.16. The molecule has 0 aliphatic carbocycles. The summed E-state index contributed by atoms with van der Waals surface area (Å²) >= 11 is 0. The fourth-order valence-corrected chi connectivity index (χ4v) is 8.39. The molecule has 2 heterocycles. The van der Waals surface area contributed by atoms with Crippen LogP contribution in [0.25, 0.3) is 67.2 Å². The predicted octanol–water partition coefficient (Wildman–Crippen LogP) is 16.2. The summed E-state index contributed by atoms with van der Waals surface area (Å²) in [6.45, 7) is 22.3. The molecule has 0 fully saturated rings. The first-order valence-corrected chi connectivity index (χ1v) is 22.3. The summed E-state index contributed by atoms with van der Waals surface area (Å²) in [4.78, 5) is 10.4. The molecule has 0 radical (unpaired) electrons. The third-order valence-electron chi connectivity index (χ3n) is 12.4. The van der Waals surface area contributed by atoms with Crippen LogP contribution in [-0.4, -0.2) is 15.1 Å². The molecule has 0 spiro atoms. The van der Waals surface area contributed by atoms with E-state index in [2.05, 4.69) is 215 Å². The Morgan fingerprint density at radius 3 is 1.52 bits per heavy atom. The second-order valence-electron chi connectivity index (χ2n) is 20.2. The third kappa shape index (κ3) is 9.44. The highest BCUT2D eigenvalue weighted by Crippen LogP contribution is 2.42. The first-order chi connectivity index (χ1) is 29.9. The Morgan fingerprint density at radius 2 is 0.905 bits per heavy atom. The fourth-order valence-electron chi connectivity index (χ4n) is 8.39. The van der Waals surface area contributed by atoms with Gasteiger partial charge in [-0.2, -0.15) is 0 Å². The van der Waals surface area contributed by atoms with Crippen molar-refractivity contribution in [1.82, 2.24) is 9.97 Å². The van der Waals surface area contributed by atoms with Crippen molar-refractivity contribution in [3.63, 3.8) is 0 Å². The molecule has 2 aromatic heterocycles. The van der Waals surface area contributed by atoms with Gasteiger partial charge in [-0.25, -0.2) is 4.98 Å². The zero-order valence-corrected chi connectivity index (χ0v) is 38.6. The largest absolute Gasteiger partial charge is 0.507 e. The summed E-state index contributed by atoms with van der Waals surface area (Å²) in [5.41, 5.74) is 17.4. The summed E-state index contributed by atoms with van der Waals surface area (Å²) in [5, 5.41) is 12.0. The molecular weight excluding hydrogens is 765 g/mol. The van der Waals surface area contributed by atoms with Gasteiger partial charge in [-0.15, -0.1) is 0 Å². The van der Waals surface area contributed by atoms with E-state index in [1.807, 2.05) is 24.4 Å². The lowest BCUT2D eigenvalue weighted by Gasteiger charge is -2.26. The van der Waals surface area contributed by atoms with Crippen LogP contribution in [0.5, 0.6) is 5.75 Å². The summed E-state index contributed by atoms with van der Waals surface area (Å²) in [6.07, 6.45) is 1.91. The number of phenolic OH excluding ortho intramolecular Hbond substituents is 1. The Kier molecular flexibility index (Phi) is 11.6. The van der Waals surface area contributed by atoms with Gasteiger partial charge in [-0.1, -0.05) is 184 Å². The lowest BCUT2D eigenvalue weighted by atomic mass is 9.79. The van der Waals surface area contributed by atoms with E-state index < -0.39 is 0 Å². The number of aromatic hydroxyl groups is 1. The SMILES string of the molecule is CC(c1ccccc1)c1ccc(-c2ccnc(-c3cc(-c4ccccc4)cc(-c4cc(-c5cc(C(C)(C)C)cc(C(C)(C)C)c5)cc(-c5cccc(C(C)(C)C)c5O)n4)c3)c2)cc1. The molecule has 63 heavy (non-hydrogen) atoms. The van der Waals surface area contributed by atoms with Crippen molar-refractivity contribution in [3.8, 4) is 72.9 Å². The summed E-state index contributed by atoms with van der Waals surface area (Å²) in [6, 6.07) is 58.5. The molecule has 3 heteroatoms. The molecule has 0 bridgehead atoms. The molecule has 316 valence electrons. The van der Waals surface area contributed by atoms with Gasteiger partial charge in [0.15, 0.2) is 0 Å². The second kappa shape index (κ2) is 16.9. The maximum absolute atomic E-state index is 12.0. The standard InChI is InChI=1S/C60H60N2O/c1-39(40-18-13-11-14-19-40)41-24-26-43(27-25-41)44-28-29-61-54(35-44)48-30-45(42-20-15-12-16-21-42)31-49(32-48)55-36-47(46-33-50(58(2,3)4)38-51(34-46)59(5,6)7)37-56(62-55)52-22-17-23-53(57(52)63)60(8,9)10/h11-39,63H,1-10H3. The number of phenols is 1. The Labute approximate surface area is 375 Å². The summed E-state index contributed by atoms with van der Waals surface area (Å²) in [5.74, 6) is 0.566. The normalized spacial score (nSPS) is 12.6. The second-order valence-corrected chi connectivity index (χ2v) is 20.2. The molecular formula is C60H60N2O. The zero-order valence-electron chi connectivity index (χ0n) is 38.6. The van der Waals surface area contributed by atoms with Crippen LogP contribution >= 0.6 is 0 Å². The smallest absolute Gasteiger partial charge is 0.128 e. The van der Waals surface area contributed by atoms with Crippen molar-refractivity contribution in [2.75, 3.05) is 0 Å². The minimum absolute atomic E-state index is 0.0584. The molecule has 0 aliphatic heterocycles. The van der Waals surface area contributed by atoms with Crippen LogP contribution in [0.3, 0.4) is 0 Å². The highest BCUT2D eigenvalue weighted by molar-refractivity contribution is 5.84. The monoisotopic (exact) mass is 824 g/mol. The van der Waals surface area contributed by atoms with E-state index in [0.717, 1.165) is 67.2 Å². The number of para-hydroxylation sites is 1. The summed E-state index contributed by atoms with van der Waals surface area (Å²) in [7, 11) is 0. The molecule has 8 rings (SSSR count). The maximum atomic E-state index is 12.0. The fraction of sp³-hybridized carbons (Fsp3) is 0.233. The molecule has 0 saturated carbocycles. The highest BCUT2D eigenvalue weighted by atomic mass is 16.3. The number of hydrogen-bond donors (Lipinski definition) is 1. The van der Waals surface area contributed by atoms with Crippen LogP contribution in [0.15, 0.2) is 170 Å². The Bertz CT molecular complexity index is 2860. The van der Waals surface area contributed by atoms with Crippen molar-refractivity contribution >= 4 is 0 Å². The lowest BCUT2D eigenvalue weighted by molar-refractivity contribution is 0.448. The molecule has 0 amide bonds. The van der Waals surface area contributed by atoms with E-state index in [0.29, 0.717) is 11.5 Å². The minimum atomic E-state index is -0.258. The van der Waals surface area contributed by atoms with E-state index in [9.17, 15) is 5.11 Å². The van der Waals surface area contributed by atoms with Gasteiger partial charge >= 0.3 is 0 Å². The van der Waals surface area contributed by atoms with Crippen molar-refractivity contribution < 1.29 is 5.11 Å². The molecule has 3 nitrogen and oxygen atoms in total. The van der Waals surface area contributed by atoms with Gasteiger partial charge in [0.25, 0.3) is 0 Å². The topological polar surface area (TPSA) is 46.0 Å². The van der Waals surface area contributed by atoms with E-state index in [1.165, 1.54) is 22.3 Å². The van der Waals surface area contributed by atoms with E-state index in [1.54, 1.807) is 0 Å². The number of pyridine rings is 2. The van der Waals surface area contributed by atoms with Crippen molar-refractivity contribution in [3.05, 3.63) is 198 Å². The van der Waals surface area contributed by atoms with Crippen LogP contribution in [-0.2, 0) is 16.2 Å². The first kappa shape index (κ1) is 43.1. The molecule has 6 aromatic carbocycles. The van der Waals surface area contributed by atoms with Gasteiger partial charge in [0.05, 0.1) is 17.1 Å². The zero-order chi connectivity index (χ0) is 44.7. The number of nitrogens with zero attached hydrogens (tertiary/aromatic N) is 2. The van der Waals surface area contributed by atoms with Gasteiger partial charge in [-0.3, -0.25) is 4.98 Å². The molecule has 1 unspecified atom stereocenters. The van der Waals surface area contributed by atoms with E-state index in [-0.39, 0.29) is 22.0 Å². The van der Waals surface area contributed by atoms with Crippen LogP contribution in [0.2, 0.25) is 0 Å². The number of rotatable bonds is 8. The number of aromatic nitrogens is 2. The van der Waals surface area contributed by atoms with Crippen molar-refractivity contribution in [2.24, 2.45) is 0 Å². The van der Waals surface area contributed by atoms with Crippen LogP contribution in [0.4, 0.5) is 0 Å². The Balaban J connectivity index is 1.31. The third-order valence-corrected chi connectivity index (χ3v) is 12.4. The van der Waals surface area contributed by atoms with Gasteiger partial charge < -0.3 is 5.11 Å². The molecule has 8 aromatic rings. The first-order valence-electron chi connectivity index (χ1n) is 22.3. The van der Waals surface area contributed by atoms with E-state index >= 15 is 0 Å². The molecule has 0 saturated heterocycles.